The van der Waals surface area contributed by atoms with Gasteiger partial charge in [-0.15, -0.1) is 0 Å². The van der Waals surface area contributed by atoms with E-state index in [0.717, 1.165) is 0 Å². The summed E-state index contributed by atoms with van der Waals surface area (Å²) >= 11 is 5.83. The van der Waals surface area contributed by atoms with Crippen LogP contribution in [0.3, 0.4) is 0 Å². The van der Waals surface area contributed by atoms with Crippen molar-refractivity contribution in [1.29, 1.82) is 0 Å². The van der Waals surface area contributed by atoms with Crippen molar-refractivity contribution in [2.24, 2.45) is 0 Å². The van der Waals surface area contributed by atoms with Crippen LogP contribution in [0.4, 0.5) is 0 Å². The highest BCUT2D eigenvalue weighted by Gasteiger charge is 2.16. The van der Waals surface area contributed by atoms with Crippen LogP contribution in [-0.2, 0) is 9.53 Å². The van der Waals surface area contributed by atoms with Crippen LogP contribution in [0.15, 0.2) is 18.3 Å². The number of esters is 1. The van der Waals surface area contributed by atoms with E-state index < -0.39 is 0 Å². The number of nitrogens with zero attached hydrogens (tertiary/aromatic N) is 2. The summed E-state index contributed by atoms with van der Waals surface area (Å²) in [6, 6.07) is 3.23. The molecule has 18 heavy (non-hydrogen) atoms. The number of aromatic nitrogens is 1. The van der Waals surface area contributed by atoms with Gasteiger partial charge in [-0.2, -0.15) is 0 Å². The number of hydrogen-bond acceptors (Lipinski definition) is 4. The average molecular weight is 271 g/mol. The summed E-state index contributed by atoms with van der Waals surface area (Å²) in [5, 5.41) is 0.158. The zero-order valence-corrected chi connectivity index (χ0v) is 11.1. The zero-order chi connectivity index (χ0) is 13.5. The summed E-state index contributed by atoms with van der Waals surface area (Å²) in [6.07, 6.45) is 1.67. The molecule has 0 aliphatic heterocycles. The standard InChI is InChI=1S/C12H15ClN2O3/c1-3-18-10(16)6-8-15(2)12(17)9-5-4-7-14-11(9)13/h4-5,7H,3,6,8H2,1-2H3. The van der Waals surface area contributed by atoms with Gasteiger partial charge >= 0.3 is 5.97 Å². The molecule has 0 aromatic carbocycles. The highest BCUT2D eigenvalue weighted by Crippen LogP contribution is 2.13. The first-order valence-electron chi connectivity index (χ1n) is 5.57. The van der Waals surface area contributed by atoms with Gasteiger partial charge in [0, 0.05) is 19.8 Å². The third kappa shape index (κ3) is 4.00. The Kier molecular flexibility index (Phi) is 5.58. The molecule has 5 nitrogen and oxygen atoms in total. The number of amides is 1. The molecule has 0 fully saturated rings. The minimum absolute atomic E-state index is 0.158. The molecule has 0 N–H and O–H groups in total. The molecule has 1 aromatic rings. The van der Waals surface area contributed by atoms with E-state index in [9.17, 15) is 9.59 Å². The minimum atomic E-state index is -0.325. The Bertz CT molecular complexity index is 437. The van der Waals surface area contributed by atoms with Crippen LogP contribution in [0.5, 0.6) is 0 Å². The maximum atomic E-state index is 12.0. The van der Waals surface area contributed by atoms with E-state index in [-0.39, 0.29) is 30.0 Å². The van der Waals surface area contributed by atoms with Crippen LogP contribution in [-0.4, -0.2) is 42.0 Å². The number of rotatable bonds is 5. The van der Waals surface area contributed by atoms with Gasteiger partial charge in [0.05, 0.1) is 18.6 Å². The normalized spacial score (nSPS) is 9.94. The van der Waals surface area contributed by atoms with Gasteiger partial charge in [-0.05, 0) is 19.1 Å². The second-order valence-electron chi connectivity index (χ2n) is 3.62. The Hall–Kier alpha value is -1.62. The molecule has 1 aromatic heterocycles. The van der Waals surface area contributed by atoms with Crippen molar-refractivity contribution in [3.05, 3.63) is 29.0 Å². The van der Waals surface area contributed by atoms with Crippen molar-refractivity contribution < 1.29 is 14.3 Å². The lowest BCUT2D eigenvalue weighted by Crippen LogP contribution is -2.29. The van der Waals surface area contributed by atoms with Crippen molar-refractivity contribution in [3.8, 4) is 0 Å². The molecule has 0 aliphatic carbocycles. The molecule has 0 saturated carbocycles. The van der Waals surface area contributed by atoms with Gasteiger partial charge in [0.1, 0.15) is 5.15 Å². The molecule has 0 unspecified atom stereocenters. The Morgan fingerprint density at radius 1 is 1.50 bits per heavy atom. The smallest absolute Gasteiger partial charge is 0.307 e. The van der Waals surface area contributed by atoms with Crippen molar-refractivity contribution in [3.63, 3.8) is 0 Å². The van der Waals surface area contributed by atoms with Crippen LogP contribution in [0.1, 0.15) is 23.7 Å². The minimum Gasteiger partial charge on any atom is -0.466 e. The van der Waals surface area contributed by atoms with Gasteiger partial charge in [-0.1, -0.05) is 11.6 Å². The molecule has 98 valence electrons. The average Bonchev–Trinajstić information content (AvgIpc) is 2.36. The third-order valence-corrected chi connectivity index (χ3v) is 2.59. The maximum Gasteiger partial charge on any atom is 0.307 e. The van der Waals surface area contributed by atoms with Crippen molar-refractivity contribution in [1.82, 2.24) is 9.88 Å². The first-order chi connectivity index (χ1) is 8.56. The lowest BCUT2D eigenvalue weighted by molar-refractivity contribution is -0.143. The third-order valence-electron chi connectivity index (χ3n) is 2.29. The van der Waals surface area contributed by atoms with E-state index in [4.69, 9.17) is 16.3 Å². The molecule has 1 heterocycles. The Morgan fingerprint density at radius 3 is 2.83 bits per heavy atom. The fraction of sp³-hybridized carbons (Fsp3) is 0.417. The van der Waals surface area contributed by atoms with Gasteiger partial charge in [0.2, 0.25) is 0 Å². The monoisotopic (exact) mass is 270 g/mol. The molecule has 1 rings (SSSR count). The van der Waals surface area contributed by atoms with Gasteiger partial charge in [0.25, 0.3) is 5.91 Å². The summed E-state index contributed by atoms with van der Waals surface area (Å²) in [4.78, 5) is 28.4. The van der Waals surface area contributed by atoms with Gasteiger partial charge in [0.15, 0.2) is 0 Å². The highest BCUT2D eigenvalue weighted by molar-refractivity contribution is 6.32. The predicted molar refractivity (Wildman–Crippen MR) is 67.5 cm³/mol. The van der Waals surface area contributed by atoms with Crippen LogP contribution < -0.4 is 0 Å². The van der Waals surface area contributed by atoms with Gasteiger partial charge < -0.3 is 9.64 Å². The maximum absolute atomic E-state index is 12.0. The molecular weight excluding hydrogens is 256 g/mol. The highest BCUT2D eigenvalue weighted by atomic mass is 35.5. The number of carbonyl (C=O) groups is 2. The molecule has 0 atom stereocenters. The molecule has 0 spiro atoms. The topological polar surface area (TPSA) is 59.5 Å². The van der Waals surface area contributed by atoms with E-state index in [2.05, 4.69) is 4.98 Å². The van der Waals surface area contributed by atoms with E-state index in [0.29, 0.717) is 12.2 Å². The number of hydrogen-bond donors (Lipinski definition) is 0. The van der Waals surface area contributed by atoms with E-state index in [1.807, 2.05) is 0 Å². The quantitative estimate of drug-likeness (QED) is 0.604. The lowest BCUT2D eigenvalue weighted by Gasteiger charge is -2.16. The first kappa shape index (κ1) is 14.4. The second kappa shape index (κ2) is 6.96. The number of pyridine rings is 1. The molecule has 0 aliphatic rings. The molecular formula is C12H15ClN2O3. The largest absolute Gasteiger partial charge is 0.466 e. The molecule has 1 amide bonds. The predicted octanol–water partition coefficient (Wildman–Crippen LogP) is 1.76. The van der Waals surface area contributed by atoms with Crippen LogP contribution in [0.2, 0.25) is 5.15 Å². The fourth-order valence-electron chi connectivity index (χ4n) is 1.34. The lowest BCUT2D eigenvalue weighted by atomic mass is 10.2. The van der Waals surface area contributed by atoms with Crippen LogP contribution in [0, 0.1) is 0 Å². The molecule has 0 radical (unpaired) electrons. The number of ether oxygens (including phenoxy) is 1. The number of halogens is 1. The van der Waals surface area contributed by atoms with E-state index in [1.54, 1.807) is 26.1 Å². The van der Waals surface area contributed by atoms with Crippen LogP contribution in [0.25, 0.3) is 0 Å². The summed E-state index contributed by atoms with van der Waals surface area (Å²) < 4.78 is 4.79. The van der Waals surface area contributed by atoms with E-state index in [1.165, 1.54) is 11.1 Å². The van der Waals surface area contributed by atoms with Gasteiger partial charge in [-0.25, -0.2) is 4.98 Å². The van der Waals surface area contributed by atoms with Gasteiger partial charge in [-0.3, -0.25) is 9.59 Å². The van der Waals surface area contributed by atoms with Crippen LogP contribution >= 0.6 is 11.6 Å². The first-order valence-corrected chi connectivity index (χ1v) is 5.95. The second-order valence-corrected chi connectivity index (χ2v) is 3.98. The van der Waals surface area contributed by atoms with Crippen molar-refractivity contribution in [2.45, 2.75) is 13.3 Å². The number of carbonyl (C=O) groups excluding carboxylic acids is 2. The summed E-state index contributed by atoms with van der Waals surface area (Å²) in [7, 11) is 1.60. The Balaban J connectivity index is 2.57. The fourth-order valence-corrected chi connectivity index (χ4v) is 1.55. The van der Waals surface area contributed by atoms with Crippen molar-refractivity contribution in [2.75, 3.05) is 20.2 Å². The summed E-state index contributed by atoms with van der Waals surface area (Å²) in [6.45, 7) is 2.36. The Labute approximate surface area is 111 Å². The summed E-state index contributed by atoms with van der Waals surface area (Å²) in [5.74, 6) is -0.591. The Morgan fingerprint density at radius 2 is 2.22 bits per heavy atom. The molecule has 6 heteroatoms. The van der Waals surface area contributed by atoms with Crippen molar-refractivity contribution >= 4 is 23.5 Å². The van der Waals surface area contributed by atoms with E-state index >= 15 is 0 Å². The molecule has 0 bridgehead atoms. The molecule has 0 saturated heterocycles. The zero-order valence-electron chi connectivity index (χ0n) is 10.4. The summed E-state index contributed by atoms with van der Waals surface area (Å²) in [5.41, 5.74) is 0.325. The SMILES string of the molecule is CCOC(=O)CCN(C)C(=O)c1cccnc1Cl.